The first-order valence-electron chi connectivity index (χ1n) is 35.9. The molecule has 0 heterocycles. The van der Waals surface area contributed by atoms with Crippen molar-refractivity contribution in [3.05, 3.63) is 72.9 Å². The van der Waals surface area contributed by atoms with E-state index >= 15 is 0 Å². The topological polar surface area (TPSA) is 78.9 Å². The summed E-state index contributed by atoms with van der Waals surface area (Å²) < 4.78 is 16.9. The van der Waals surface area contributed by atoms with Crippen LogP contribution in [0.15, 0.2) is 72.9 Å². The van der Waals surface area contributed by atoms with Crippen LogP contribution in [0, 0.1) is 0 Å². The highest BCUT2D eigenvalue weighted by molar-refractivity contribution is 5.71. The molecule has 0 saturated heterocycles. The molecule has 0 bridgehead atoms. The molecule has 0 aliphatic rings. The summed E-state index contributed by atoms with van der Waals surface area (Å²) in [6.45, 7) is 6.50. The summed E-state index contributed by atoms with van der Waals surface area (Å²) >= 11 is 0. The molecule has 6 heteroatoms. The van der Waals surface area contributed by atoms with Gasteiger partial charge in [0.05, 0.1) is 0 Å². The third-order valence-electron chi connectivity index (χ3n) is 15.9. The van der Waals surface area contributed by atoms with Gasteiger partial charge < -0.3 is 14.2 Å². The van der Waals surface area contributed by atoms with Crippen LogP contribution < -0.4 is 0 Å². The monoisotopic (exact) mass is 1150 g/mol. The van der Waals surface area contributed by atoms with Gasteiger partial charge in [0.15, 0.2) is 6.10 Å². The number of hydrogen-bond acceptors (Lipinski definition) is 6. The average Bonchev–Trinajstić information content (AvgIpc) is 3.47. The minimum Gasteiger partial charge on any atom is -0.462 e. The maximum Gasteiger partial charge on any atom is 0.306 e. The fourth-order valence-corrected chi connectivity index (χ4v) is 10.6. The Morgan fingerprint density at radius 3 is 0.817 bits per heavy atom. The Labute approximate surface area is 510 Å². The van der Waals surface area contributed by atoms with Gasteiger partial charge >= 0.3 is 17.9 Å². The van der Waals surface area contributed by atoms with Crippen LogP contribution in [0.5, 0.6) is 0 Å². The van der Waals surface area contributed by atoms with E-state index < -0.39 is 6.10 Å². The Morgan fingerprint density at radius 2 is 0.500 bits per heavy atom. The maximum absolute atomic E-state index is 12.9. The van der Waals surface area contributed by atoms with E-state index in [-0.39, 0.29) is 37.5 Å². The molecule has 0 fully saturated rings. The molecule has 82 heavy (non-hydrogen) atoms. The van der Waals surface area contributed by atoms with Gasteiger partial charge in [-0.1, -0.05) is 331 Å². The van der Waals surface area contributed by atoms with Crippen molar-refractivity contribution in [2.24, 2.45) is 0 Å². The Kier molecular flexibility index (Phi) is 67.6. The lowest BCUT2D eigenvalue weighted by atomic mass is 10.0. The predicted octanol–water partition coefficient (Wildman–Crippen LogP) is 24.8. The van der Waals surface area contributed by atoms with E-state index in [1.165, 1.54) is 263 Å². The number of rotatable bonds is 66. The molecule has 0 aromatic heterocycles. The molecular formula is C76H136O6. The van der Waals surface area contributed by atoms with Crippen LogP contribution in [-0.4, -0.2) is 37.2 Å². The molecule has 1 atom stereocenters. The van der Waals surface area contributed by atoms with E-state index in [2.05, 4.69) is 87.6 Å². The second-order valence-electron chi connectivity index (χ2n) is 24.1. The van der Waals surface area contributed by atoms with Crippen molar-refractivity contribution in [2.45, 2.75) is 380 Å². The molecule has 0 aliphatic heterocycles. The van der Waals surface area contributed by atoms with Gasteiger partial charge in [0.1, 0.15) is 13.2 Å². The lowest BCUT2D eigenvalue weighted by molar-refractivity contribution is -0.166. The zero-order chi connectivity index (χ0) is 59.2. The fourth-order valence-electron chi connectivity index (χ4n) is 10.6. The molecule has 0 rings (SSSR count). The Hall–Kier alpha value is -3.15. The number of carbonyl (C=O) groups is 3. The highest BCUT2D eigenvalue weighted by Crippen LogP contribution is 2.18. The van der Waals surface area contributed by atoms with Gasteiger partial charge in [-0.25, -0.2) is 0 Å². The smallest absolute Gasteiger partial charge is 0.306 e. The van der Waals surface area contributed by atoms with Crippen LogP contribution in [0.25, 0.3) is 0 Å². The van der Waals surface area contributed by atoms with E-state index in [0.29, 0.717) is 19.3 Å². The SMILES string of the molecule is CC/C=C\C/C=C\C/C=C\C/C=C\CCC(=O)OCC(COC(=O)CCCCCCCCCCCCCCCCCCCCCCC/C=C\CCCCCCCCCC)OC(=O)CCCCCCCCC/C=C\CCCCCCCCC. The zero-order valence-electron chi connectivity index (χ0n) is 54.8. The number of esters is 3. The van der Waals surface area contributed by atoms with E-state index in [1.807, 2.05) is 6.08 Å². The van der Waals surface area contributed by atoms with Crippen LogP contribution in [0.4, 0.5) is 0 Å². The molecule has 0 aromatic carbocycles. The quantitative estimate of drug-likeness (QED) is 0.0261. The van der Waals surface area contributed by atoms with Crippen LogP contribution in [0.2, 0.25) is 0 Å². The second-order valence-corrected chi connectivity index (χ2v) is 24.1. The van der Waals surface area contributed by atoms with Crippen molar-refractivity contribution in [2.75, 3.05) is 13.2 Å². The van der Waals surface area contributed by atoms with Gasteiger partial charge in [-0.15, -0.1) is 0 Å². The Balaban J connectivity index is 4.16. The van der Waals surface area contributed by atoms with Crippen LogP contribution in [0.1, 0.15) is 374 Å². The number of allylic oxidation sites excluding steroid dienone is 12. The van der Waals surface area contributed by atoms with Crippen molar-refractivity contribution in [1.29, 1.82) is 0 Å². The highest BCUT2D eigenvalue weighted by Gasteiger charge is 2.19. The van der Waals surface area contributed by atoms with Crippen molar-refractivity contribution >= 4 is 17.9 Å². The zero-order valence-corrected chi connectivity index (χ0v) is 54.8. The van der Waals surface area contributed by atoms with Crippen molar-refractivity contribution in [1.82, 2.24) is 0 Å². The summed E-state index contributed by atoms with van der Waals surface area (Å²) in [6, 6.07) is 0. The van der Waals surface area contributed by atoms with E-state index in [0.717, 1.165) is 64.2 Å². The molecule has 0 aliphatic carbocycles. The highest BCUT2D eigenvalue weighted by atomic mass is 16.6. The molecule has 0 aromatic rings. The van der Waals surface area contributed by atoms with E-state index in [9.17, 15) is 14.4 Å². The lowest BCUT2D eigenvalue weighted by Crippen LogP contribution is -2.30. The second kappa shape index (κ2) is 70.3. The molecule has 0 spiro atoms. The van der Waals surface area contributed by atoms with Crippen molar-refractivity contribution < 1.29 is 28.6 Å². The van der Waals surface area contributed by atoms with Crippen molar-refractivity contribution in [3.63, 3.8) is 0 Å². The first-order valence-corrected chi connectivity index (χ1v) is 35.9. The van der Waals surface area contributed by atoms with Crippen molar-refractivity contribution in [3.8, 4) is 0 Å². The molecule has 6 nitrogen and oxygen atoms in total. The number of hydrogen-bond donors (Lipinski definition) is 0. The Bertz CT molecular complexity index is 1500. The third-order valence-corrected chi connectivity index (χ3v) is 15.9. The minimum absolute atomic E-state index is 0.0959. The minimum atomic E-state index is -0.806. The standard InChI is InChI=1S/C76H136O6/c1-4-7-10-13-16-19-22-25-27-29-31-32-33-34-35-36-37-38-39-40-41-42-43-44-45-47-48-51-54-57-60-63-66-69-75(78)81-72-73(71-80-74(77)68-65-62-59-56-53-50-24-21-18-15-12-9-6-3)82-76(79)70-67-64-61-58-55-52-49-46-30-28-26-23-20-17-14-11-8-5-2/h9,12,18,21,28-31,50,53,59,62,73H,4-8,10-11,13-17,19-20,22-27,32-49,51-52,54-58,60-61,63-72H2,1-3H3/b12-9-,21-18-,30-28-,31-29-,53-50-,62-59-. The van der Waals surface area contributed by atoms with Gasteiger partial charge in [0.25, 0.3) is 0 Å². The van der Waals surface area contributed by atoms with E-state index in [4.69, 9.17) is 14.2 Å². The number of carbonyl (C=O) groups excluding carboxylic acids is 3. The normalized spacial score (nSPS) is 12.5. The average molecular weight is 1150 g/mol. The summed E-state index contributed by atoms with van der Waals surface area (Å²) in [5.74, 6) is -0.967. The van der Waals surface area contributed by atoms with Crippen LogP contribution >= 0.6 is 0 Å². The Morgan fingerprint density at radius 1 is 0.256 bits per heavy atom. The fraction of sp³-hybridized carbons (Fsp3) is 0.803. The molecule has 0 amide bonds. The predicted molar refractivity (Wildman–Crippen MR) is 358 cm³/mol. The largest absolute Gasteiger partial charge is 0.462 e. The molecule has 476 valence electrons. The number of ether oxygens (including phenoxy) is 3. The molecule has 0 N–H and O–H groups in total. The van der Waals surface area contributed by atoms with Crippen LogP contribution in [0.3, 0.4) is 0 Å². The molecule has 0 radical (unpaired) electrons. The molecular weight excluding hydrogens is 1010 g/mol. The van der Waals surface area contributed by atoms with E-state index in [1.54, 1.807) is 0 Å². The maximum atomic E-state index is 12.9. The third kappa shape index (κ3) is 67.6. The van der Waals surface area contributed by atoms with Gasteiger partial charge in [-0.05, 0) is 96.3 Å². The number of unbranched alkanes of at least 4 members (excludes halogenated alkanes) is 43. The summed E-state index contributed by atoms with van der Waals surface area (Å²) in [5, 5.41) is 0. The molecule has 1 unspecified atom stereocenters. The summed E-state index contributed by atoms with van der Waals surface area (Å²) in [6.07, 6.45) is 92.6. The van der Waals surface area contributed by atoms with Gasteiger partial charge in [0.2, 0.25) is 0 Å². The van der Waals surface area contributed by atoms with Gasteiger partial charge in [-0.3, -0.25) is 14.4 Å². The first-order chi connectivity index (χ1) is 40.5. The first kappa shape index (κ1) is 78.8. The summed E-state index contributed by atoms with van der Waals surface area (Å²) in [5.41, 5.74) is 0. The summed E-state index contributed by atoms with van der Waals surface area (Å²) in [7, 11) is 0. The summed E-state index contributed by atoms with van der Waals surface area (Å²) in [4.78, 5) is 38.3. The molecule has 0 saturated carbocycles. The van der Waals surface area contributed by atoms with Crippen LogP contribution in [-0.2, 0) is 28.6 Å². The van der Waals surface area contributed by atoms with Gasteiger partial charge in [0, 0.05) is 19.3 Å². The van der Waals surface area contributed by atoms with Gasteiger partial charge in [-0.2, -0.15) is 0 Å². The lowest BCUT2D eigenvalue weighted by Gasteiger charge is -2.18.